The number of urea groups is 1. The quantitative estimate of drug-likeness (QED) is 0.686. The molecule has 4 amide bonds. The molecule has 1 saturated carbocycles. The molecule has 2 N–H and O–H groups in total. The van der Waals surface area contributed by atoms with Crippen molar-refractivity contribution in [2.45, 2.75) is 64.3 Å². The number of carbonyl (C=O) groups is 3. The van der Waals surface area contributed by atoms with Crippen LogP contribution in [0.4, 0.5) is 10.5 Å². The first kappa shape index (κ1) is 21.7. The molecule has 3 fully saturated rings. The summed E-state index contributed by atoms with van der Waals surface area (Å²) in [7, 11) is 0. The van der Waals surface area contributed by atoms with E-state index in [4.69, 9.17) is 0 Å². The van der Waals surface area contributed by atoms with Crippen molar-refractivity contribution in [1.29, 1.82) is 0 Å². The molecule has 2 saturated heterocycles. The zero-order valence-electron chi connectivity index (χ0n) is 18.7. The van der Waals surface area contributed by atoms with Crippen LogP contribution in [0.25, 0.3) is 0 Å². The minimum atomic E-state index is -0.914. The van der Waals surface area contributed by atoms with Gasteiger partial charge in [-0.05, 0) is 55.7 Å². The molecule has 168 valence electrons. The molecule has 0 radical (unpaired) electrons. The Bertz CT molecular complexity index is 856. The second kappa shape index (κ2) is 8.89. The Labute approximate surface area is 184 Å². The van der Waals surface area contributed by atoms with Crippen LogP contribution in [0.3, 0.4) is 0 Å². The van der Waals surface area contributed by atoms with Crippen LogP contribution in [0.5, 0.6) is 0 Å². The first-order valence-corrected chi connectivity index (χ1v) is 11.7. The summed E-state index contributed by atoms with van der Waals surface area (Å²) in [4.78, 5) is 41.8. The number of nitrogens with zero attached hydrogens (tertiary/aromatic N) is 2. The fourth-order valence-electron chi connectivity index (χ4n) is 5.47. The molecular formula is C24H34N4O3. The summed E-state index contributed by atoms with van der Waals surface area (Å²) in [6.45, 7) is 7.29. The molecule has 3 aliphatic rings. The second-order valence-electron chi connectivity index (χ2n) is 9.20. The number of imide groups is 1. The number of benzene rings is 1. The topological polar surface area (TPSA) is 81.8 Å². The van der Waals surface area contributed by atoms with Gasteiger partial charge in [-0.1, -0.05) is 31.9 Å². The lowest BCUT2D eigenvalue weighted by Crippen LogP contribution is -2.54. The van der Waals surface area contributed by atoms with Gasteiger partial charge in [0.2, 0.25) is 5.91 Å². The third-order valence-electron chi connectivity index (χ3n) is 7.41. The highest BCUT2D eigenvalue weighted by Gasteiger charge is 2.52. The Balaban J connectivity index is 1.36. The summed E-state index contributed by atoms with van der Waals surface area (Å²) in [6.07, 6.45) is 5.68. The number of piperazine rings is 1. The molecule has 7 heteroatoms. The van der Waals surface area contributed by atoms with E-state index < -0.39 is 11.6 Å². The largest absolute Gasteiger partial charge is 0.368 e. The number of rotatable bonds is 6. The third-order valence-corrected chi connectivity index (χ3v) is 7.41. The van der Waals surface area contributed by atoms with Crippen LogP contribution < -0.4 is 15.5 Å². The van der Waals surface area contributed by atoms with E-state index in [9.17, 15) is 14.4 Å². The van der Waals surface area contributed by atoms with E-state index in [0.29, 0.717) is 19.5 Å². The zero-order chi connectivity index (χ0) is 22.0. The van der Waals surface area contributed by atoms with E-state index in [0.717, 1.165) is 45.2 Å². The van der Waals surface area contributed by atoms with Gasteiger partial charge in [-0.15, -0.1) is 0 Å². The number of nitrogens with one attached hydrogen (secondary N) is 2. The zero-order valence-corrected chi connectivity index (χ0v) is 18.7. The number of hydrogen-bond donors (Lipinski definition) is 2. The summed E-state index contributed by atoms with van der Waals surface area (Å²) in [5.74, 6) is -0.0595. The highest BCUT2D eigenvalue weighted by molar-refractivity contribution is 6.07. The maximum Gasteiger partial charge on any atom is 0.322 e. The molecule has 31 heavy (non-hydrogen) atoms. The van der Waals surface area contributed by atoms with E-state index in [1.165, 1.54) is 16.8 Å². The van der Waals surface area contributed by atoms with Crippen LogP contribution in [0.15, 0.2) is 18.2 Å². The number of aryl methyl sites for hydroxylation is 2. The first-order chi connectivity index (χ1) is 14.9. The number of hydrogen-bond acceptors (Lipinski definition) is 4. The number of amides is 4. The van der Waals surface area contributed by atoms with Gasteiger partial charge >= 0.3 is 6.03 Å². The molecule has 1 aromatic rings. The highest BCUT2D eigenvalue weighted by atomic mass is 16.2. The molecule has 2 aliphatic heterocycles. The van der Waals surface area contributed by atoms with Crippen LogP contribution in [0, 0.1) is 12.8 Å². The molecule has 0 spiro atoms. The summed E-state index contributed by atoms with van der Waals surface area (Å²) in [5.41, 5.74) is 2.94. The Morgan fingerprint density at radius 2 is 1.84 bits per heavy atom. The maximum atomic E-state index is 13.0. The van der Waals surface area contributed by atoms with Gasteiger partial charge in [0.25, 0.3) is 5.91 Å². The fraction of sp³-hybridized carbons (Fsp3) is 0.625. The van der Waals surface area contributed by atoms with Crippen molar-refractivity contribution in [3.05, 3.63) is 29.3 Å². The van der Waals surface area contributed by atoms with E-state index in [-0.39, 0.29) is 24.2 Å². The minimum Gasteiger partial charge on any atom is -0.368 e. The number of carbonyl (C=O) groups excluding carboxylic acids is 3. The van der Waals surface area contributed by atoms with Gasteiger partial charge in [0.1, 0.15) is 5.54 Å². The lowest BCUT2D eigenvalue weighted by Gasteiger charge is -2.38. The summed E-state index contributed by atoms with van der Waals surface area (Å²) in [5, 5.41) is 5.29. The molecule has 7 nitrogen and oxygen atoms in total. The van der Waals surface area contributed by atoms with Crippen molar-refractivity contribution in [2.75, 3.05) is 31.1 Å². The fourth-order valence-corrected chi connectivity index (χ4v) is 5.47. The standard InChI is InChI=1S/C24H34N4O3/c1-3-18-9-8-17(2)20(16-18)27-12-14-28(15-13-27)21(29)10-11-24(19-6-4-5-7-19)22(30)25-23(31)26-24/h8-9,16,19H,3-7,10-15H2,1-2H3,(H2,25,26,30,31). The van der Waals surface area contributed by atoms with Gasteiger partial charge < -0.3 is 15.1 Å². The van der Waals surface area contributed by atoms with Crippen LogP contribution in [0.1, 0.15) is 56.6 Å². The molecule has 1 aliphatic carbocycles. The Hall–Kier alpha value is -2.57. The molecular weight excluding hydrogens is 392 g/mol. The lowest BCUT2D eigenvalue weighted by atomic mass is 9.79. The second-order valence-corrected chi connectivity index (χ2v) is 9.20. The smallest absolute Gasteiger partial charge is 0.322 e. The van der Waals surface area contributed by atoms with Crippen molar-refractivity contribution in [1.82, 2.24) is 15.5 Å². The van der Waals surface area contributed by atoms with Crippen LogP contribution in [-0.4, -0.2) is 54.5 Å². The molecule has 1 atom stereocenters. The van der Waals surface area contributed by atoms with E-state index in [1.807, 2.05) is 4.90 Å². The van der Waals surface area contributed by atoms with E-state index in [1.54, 1.807) is 0 Å². The van der Waals surface area contributed by atoms with Gasteiger partial charge in [-0.25, -0.2) is 4.79 Å². The summed E-state index contributed by atoms with van der Waals surface area (Å²) >= 11 is 0. The van der Waals surface area contributed by atoms with E-state index in [2.05, 4.69) is 47.6 Å². The highest BCUT2D eigenvalue weighted by Crippen LogP contribution is 2.38. The number of anilines is 1. The van der Waals surface area contributed by atoms with Crippen LogP contribution in [-0.2, 0) is 16.0 Å². The Morgan fingerprint density at radius 3 is 2.45 bits per heavy atom. The Kier molecular flexibility index (Phi) is 6.21. The monoisotopic (exact) mass is 426 g/mol. The van der Waals surface area contributed by atoms with Gasteiger partial charge in [0.05, 0.1) is 0 Å². The van der Waals surface area contributed by atoms with Crippen LogP contribution in [0.2, 0.25) is 0 Å². The van der Waals surface area contributed by atoms with E-state index >= 15 is 0 Å². The average molecular weight is 427 g/mol. The van der Waals surface area contributed by atoms with Gasteiger partial charge in [0, 0.05) is 38.3 Å². The molecule has 2 heterocycles. The van der Waals surface area contributed by atoms with Crippen molar-refractivity contribution in [3.8, 4) is 0 Å². The predicted molar refractivity (Wildman–Crippen MR) is 120 cm³/mol. The third kappa shape index (κ3) is 4.27. The molecule has 0 aromatic heterocycles. The maximum absolute atomic E-state index is 13.0. The molecule has 4 rings (SSSR count). The Morgan fingerprint density at radius 1 is 1.13 bits per heavy atom. The van der Waals surface area contributed by atoms with Crippen molar-refractivity contribution in [2.24, 2.45) is 5.92 Å². The van der Waals surface area contributed by atoms with Crippen molar-refractivity contribution in [3.63, 3.8) is 0 Å². The lowest BCUT2D eigenvalue weighted by molar-refractivity contribution is -0.133. The molecule has 0 bridgehead atoms. The first-order valence-electron chi connectivity index (χ1n) is 11.7. The van der Waals surface area contributed by atoms with Gasteiger partial charge in [-0.3, -0.25) is 14.9 Å². The SMILES string of the molecule is CCc1ccc(C)c(N2CCN(C(=O)CCC3(C4CCCC4)NC(=O)NC3=O)CC2)c1. The molecule has 1 aromatic carbocycles. The van der Waals surface area contributed by atoms with Gasteiger partial charge in [-0.2, -0.15) is 0 Å². The summed E-state index contributed by atoms with van der Waals surface area (Å²) < 4.78 is 0. The van der Waals surface area contributed by atoms with Crippen LogP contribution >= 0.6 is 0 Å². The van der Waals surface area contributed by atoms with Gasteiger partial charge in [0.15, 0.2) is 0 Å². The summed E-state index contributed by atoms with van der Waals surface area (Å²) in [6, 6.07) is 6.19. The van der Waals surface area contributed by atoms with Crippen molar-refractivity contribution < 1.29 is 14.4 Å². The predicted octanol–water partition coefficient (Wildman–Crippen LogP) is 2.75. The normalized spacial score (nSPS) is 24.5. The minimum absolute atomic E-state index is 0.0741. The molecule has 1 unspecified atom stereocenters. The van der Waals surface area contributed by atoms with Crippen molar-refractivity contribution >= 4 is 23.5 Å². The average Bonchev–Trinajstić information content (AvgIpc) is 3.41.